The van der Waals surface area contributed by atoms with Crippen molar-refractivity contribution in [3.63, 3.8) is 0 Å². The van der Waals surface area contributed by atoms with Crippen LogP contribution in [0.2, 0.25) is 0 Å². The predicted octanol–water partition coefficient (Wildman–Crippen LogP) is 6.43. The maximum absolute atomic E-state index is 13.6. The molecule has 0 aliphatic carbocycles. The van der Waals surface area contributed by atoms with Crippen LogP contribution < -0.4 is 0 Å². The zero-order chi connectivity index (χ0) is 18.8. The van der Waals surface area contributed by atoms with Gasteiger partial charge in [-0.3, -0.25) is 4.98 Å². The SMILES string of the molecule is Cc1c(C)n(Cc2cccc(F)c2)c2c(C=Cc3ccccc3)nccc12.Cl. The lowest BCUT2D eigenvalue weighted by molar-refractivity contribution is 0.623. The molecule has 4 aromatic rings. The van der Waals surface area contributed by atoms with Crippen molar-refractivity contribution in [3.05, 3.63) is 101 Å². The normalized spacial score (nSPS) is 11.1. The van der Waals surface area contributed by atoms with Gasteiger partial charge < -0.3 is 4.57 Å². The van der Waals surface area contributed by atoms with E-state index in [9.17, 15) is 4.39 Å². The van der Waals surface area contributed by atoms with E-state index in [-0.39, 0.29) is 18.2 Å². The second kappa shape index (κ2) is 8.41. The summed E-state index contributed by atoms with van der Waals surface area (Å²) in [5.41, 5.74) is 6.49. The zero-order valence-corrected chi connectivity index (χ0v) is 16.7. The van der Waals surface area contributed by atoms with Gasteiger partial charge in [-0.25, -0.2) is 4.39 Å². The van der Waals surface area contributed by atoms with Gasteiger partial charge in [0.15, 0.2) is 0 Å². The number of benzene rings is 2. The first kappa shape index (κ1) is 19.8. The van der Waals surface area contributed by atoms with E-state index in [1.54, 1.807) is 12.1 Å². The molecular formula is C24H22ClFN2. The highest BCUT2D eigenvalue weighted by molar-refractivity contribution is 5.92. The van der Waals surface area contributed by atoms with Crippen LogP contribution in [0.3, 0.4) is 0 Å². The lowest BCUT2D eigenvalue weighted by Gasteiger charge is -2.10. The van der Waals surface area contributed by atoms with Crippen LogP contribution in [0, 0.1) is 19.7 Å². The summed E-state index contributed by atoms with van der Waals surface area (Å²) in [6.07, 6.45) is 5.98. The van der Waals surface area contributed by atoms with Gasteiger partial charge in [-0.15, -0.1) is 12.4 Å². The fourth-order valence-electron chi connectivity index (χ4n) is 3.50. The topological polar surface area (TPSA) is 17.8 Å². The van der Waals surface area contributed by atoms with Gasteiger partial charge in [0.05, 0.1) is 11.2 Å². The van der Waals surface area contributed by atoms with Crippen LogP contribution in [0.25, 0.3) is 23.1 Å². The van der Waals surface area contributed by atoms with Crippen molar-refractivity contribution in [3.8, 4) is 0 Å². The van der Waals surface area contributed by atoms with Gasteiger partial charge in [-0.2, -0.15) is 0 Å². The fourth-order valence-corrected chi connectivity index (χ4v) is 3.50. The lowest BCUT2D eigenvalue weighted by atomic mass is 10.1. The van der Waals surface area contributed by atoms with Crippen molar-refractivity contribution in [2.45, 2.75) is 20.4 Å². The first-order chi connectivity index (χ1) is 13.1. The molecule has 2 nitrogen and oxygen atoms in total. The first-order valence-corrected chi connectivity index (χ1v) is 9.05. The van der Waals surface area contributed by atoms with E-state index in [0.717, 1.165) is 22.3 Å². The summed E-state index contributed by atoms with van der Waals surface area (Å²) in [5.74, 6) is -0.208. The van der Waals surface area contributed by atoms with E-state index in [2.05, 4.69) is 53.7 Å². The smallest absolute Gasteiger partial charge is 0.123 e. The van der Waals surface area contributed by atoms with E-state index in [0.29, 0.717) is 6.54 Å². The molecule has 0 spiro atoms. The highest BCUT2D eigenvalue weighted by Crippen LogP contribution is 2.29. The minimum atomic E-state index is -0.208. The molecule has 2 aromatic carbocycles. The fraction of sp³-hybridized carbons (Fsp3) is 0.125. The Morgan fingerprint density at radius 3 is 2.50 bits per heavy atom. The second-order valence-corrected chi connectivity index (χ2v) is 6.76. The van der Waals surface area contributed by atoms with Crippen molar-refractivity contribution >= 4 is 35.5 Å². The van der Waals surface area contributed by atoms with E-state index in [1.165, 1.54) is 22.7 Å². The molecule has 4 rings (SSSR count). The van der Waals surface area contributed by atoms with Gasteiger partial charge in [-0.05, 0) is 54.8 Å². The van der Waals surface area contributed by atoms with Gasteiger partial charge >= 0.3 is 0 Å². The highest BCUT2D eigenvalue weighted by atomic mass is 35.5. The molecule has 0 saturated carbocycles. The molecule has 0 amide bonds. The van der Waals surface area contributed by atoms with Crippen LogP contribution in [0.4, 0.5) is 4.39 Å². The molecule has 0 saturated heterocycles. The largest absolute Gasteiger partial charge is 0.338 e. The standard InChI is InChI=1S/C24H21FN2.ClH/c1-17-18(2)27(16-20-9-6-10-21(25)15-20)24-22(17)13-14-26-23(24)12-11-19-7-4-3-5-8-19;/h3-15H,16H2,1-2H3;1H. The summed E-state index contributed by atoms with van der Waals surface area (Å²) in [7, 11) is 0. The van der Waals surface area contributed by atoms with E-state index < -0.39 is 0 Å². The number of pyridine rings is 1. The molecule has 4 heteroatoms. The van der Waals surface area contributed by atoms with E-state index in [4.69, 9.17) is 0 Å². The Morgan fingerprint density at radius 2 is 1.75 bits per heavy atom. The van der Waals surface area contributed by atoms with Crippen molar-refractivity contribution in [2.24, 2.45) is 0 Å². The Bertz CT molecular complexity index is 1130. The highest BCUT2D eigenvalue weighted by Gasteiger charge is 2.14. The van der Waals surface area contributed by atoms with Crippen molar-refractivity contribution < 1.29 is 4.39 Å². The molecule has 0 atom stereocenters. The number of rotatable bonds is 4. The Balaban J connectivity index is 0.00000225. The number of nitrogens with zero attached hydrogens (tertiary/aromatic N) is 2. The van der Waals surface area contributed by atoms with Gasteiger partial charge in [0.25, 0.3) is 0 Å². The molecule has 0 unspecified atom stereocenters. The molecule has 0 radical (unpaired) electrons. The maximum atomic E-state index is 13.6. The summed E-state index contributed by atoms with van der Waals surface area (Å²) in [5, 5.41) is 1.19. The monoisotopic (exact) mass is 392 g/mol. The number of halogens is 2. The average Bonchev–Trinajstić information content (AvgIpc) is 2.93. The van der Waals surface area contributed by atoms with Crippen molar-refractivity contribution in [2.75, 3.05) is 0 Å². The quantitative estimate of drug-likeness (QED) is 0.391. The molecule has 28 heavy (non-hydrogen) atoms. The summed E-state index contributed by atoms with van der Waals surface area (Å²) in [6, 6.07) is 19.0. The molecular weight excluding hydrogens is 371 g/mol. The van der Waals surface area contributed by atoms with Crippen LogP contribution in [0.5, 0.6) is 0 Å². The van der Waals surface area contributed by atoms with Crippen LogP contribution in [0.15, 0.2) is 66.9 Å². The van der Waals surface area contributed by atoms with Gasteiger partial charge in [-0.1, -0.05) is 48.5 Å². The summed E-state index contributed by atoms with van der Waals surface area (Å²) in [6.45, 7) is 4.86. The van der Waals surface area contributed by atoms with Crippen LogP contribution in [-0.2, 0) is 6.54 Å². The molecule has 0 aliphatic rings. The zero-order valence-electron chi connectivity index (χ0n) is 15.9. The summed E-state index contributed by atoms with van der Waals surface area (Å²) in [4.78, 5) is 4.61. The first-order valence-electron chi connectivity index (χ1n) is 9.05. The van der Waals surface area contributed by atoms with Crippen molar-refractivity contribution in [1.82, 2.24) is 9.55 Å². The predicted molar refractivity (Wildman–Crippen MR) is 117 cm³/mol. The molecule has 0 fully saturated rings. The van der Waals surface area contributed by atoms with Crippen molar-refractivity contribution in [1.29, 1.82) is 0 Å². The number of hydrogen-bond acceptors (Lipinski definition) is 1. The van der Waals surface area contributed by atoms with Crippen LogP contribution >= 0.6 is 12.4 Å². The summed E-state index contributed by atoms with van der Waals surface area (Å²) >= 11 is 0. The average molecular weight is 393 g/mol. The van der Waals surface area contributed by atoms with Crippen LogP contribution in [0.1, 0.15) is 28.1 Å². The Labute approximate surface area is 170 Å². The van der Waals surface area contributed by atoms with Gasteiger partial charge in [0.1, 0.15) is 5.82 Å². The van der Waals surface area contributed by atoms with Gasteiger partial charge in [0.2, 0.25) is 0 Å². The third-order valence-corrected chi connectivity index (χ3v) is 5.04. The Kier molecular flexibility index (Phi) is 5.96. The number of aromatic nitrogens is 2. The Morgan fingerprint density at radius 1 is 0.964 bits per heavy atom. The maximum Gasteiger partial charge on any atom is 0.123 e. The molecule has 0 N–H and O–H groups in total. The minimum absolute atomic E-state index is 0. The Hall–Kier alpha value is -2.91. The summed E-state index contributed by atoms with van der Waals surface area (Å²) < 4.78 is 15.9. The lowest BCUT2D eigenvalue weighted by Crippen LogP contribution is -2.03. The van der Waals surface area contributed by atoms with E-state index >= 15 is 0 Å². The minimum Gasteiger partial charge on any atom is -0.338 e. The second-order valence-electron chi connectivity index (χ2n) is 6.76. The molecule has 0 bridgehead atoms. The number of aryl methyl sites for hydroxylation is 1. The van der Waals surface area contributed by atoms with Gasteiger partial charge in [0, 0.05) is 23.8 Å². The molecule has 2 aromatic heterocycles. The van der Waals surface area contributed by atoms with Crippen LogP contribution in [-0.4, -0.2) is 9.55 Å². The molecule has 142 valence electrons. The number of hydrogen-bond donors (Lipinski definition) is 0. The third-order valence-electron chi connectivity index (χ3n) is 5.04. The van der Waals surface area contributed by atoms with E-state index in [1.807, 2.05) is 30.5 Å². The molecule has 2 heterocycles. The third kappa shape index (κ3) is 3.85. The molecule has 0 aliphatic heterocycles. The number of fused-ring (bicyclic) bond motifs is 1.